The average molecular weight is 467 g/mol. The van der Waals surface area contributed by atoms with Crippen LogP contribution < -0.4 is 0 Å². The lowest BCUT2D eigenvalue weighted by molar-refractivity contribution is -0.116. The first-order chi connectivity index (χ1) is 16.0. The SMILES string of the molecule is CC1=C(C)C(=O)C(CCC(C)(O)CC/C=C(\C)CC/C=C(\C)CCC=C2CCCC2)=C(C)C1=O. The van der Waals surface area contributed by atoms with Crippen LogP contribution in [0, 0.1) is 0 Å². The largest absolute Gasteiger partial charge is 0.390 e. The lowest BCUT2D eigenvalue weighted by atomic mass is 9.82. The normalized spacial score (nSPS) is 19.9. The van der Waals surface area contributed by atoms with Crippen LogP contribution in [0.15, 0.2) is 57.2 Å². The molecule has 0 bridgehead atoms. The van der Waals surface area contributed by atoms with E-state index in [1.807, 2.05) is 6.92 Å². The third-order valence-corrected chi connectivity index (χ3v) is 7.65. The fourth-order valence-electron chi connectivity index (χ4n) is 4.89. The minimum absolute atomic E-state index is 0.0413. The molecule has 0 heterocycles. The van der Waals surface area contributed by atoms with E-state index in [4.69, 9.17) is 0 Å². The monoisotopic (exact) mass is 466 g/mol. The summed E-state index contributed by atoms with van der Waals surface area (Å²) < 4.78 is 0. The van der Waals surface area contributed by atoms with Crippen molar-refractivity contribution in [2.45, 2.75) is 124 Å². The Morgan fingerprint density at radius 1 is 0.824 bits per heavy atom. The van der Waals surface area contributed by atoms with E-state index in [9.17, 15) is 14.7 Å². The molecule has 1 fully saturated rings. The van der Waals surface area contributed by atoms with Crippen LogP contribution in [0.1, 0.15) is 119 Å². The van der Waals surface area contributed by atoms with Crippen LogP contribution in [-0.4, -0.2) is 22.3 Å². The van der Waals surface area contributed by atoms with Crippen molar-refractivity contribution in [2.75, 3.05) is 0 Å². The molecule has 0 aromatic carbocycles. The number of hydrogen-bond acceptors (Lipinski definition) is 3. The number of ketones is 2. The van der Waals surface area contributed by atoms with E-state index in [1.165, 1.54) is 43.3 Å². The maximum absolute atomic E-state index is 12.6. The van der Waals surface area contributed by atoms with Crippen LogP contribution in [0.3, 0.4) is 0 Å². The van der Waals surface area contributed by atoms with Crippen molar-refractivity contribution in [1.82, 2.24) is 0 Å². The van der Waals surface area contributed by atoms with Crippen molar-refractivity contribution < 1.29 is 14.7 Å². The molecule has 0 saturated heterocycles. The number of rotatable bonds is 12. The van der Waals surface area contributed by atoms with Crippen LogP contribution in [0.25, 0.3) is 0 Å². The standard InChI is InChI=1S/C31H46O3/c1-22(14-10-18-27-16-7-8-17-27)12-9-13-23(2)15-11-20-31(6,34)21-19-28-26(5)29(32)24(3)25(4)30(28)33/h12,15,18,34H,7-11,13-14,16-17,19-21H2,1-6H3/b22-12+,23-15+. The second kappa shape index (κ2) is 13.2. The molecule has 34 heavy (non-hydrogen) atoms. The molecule has 2 rings (SSSR count). The molecule has 1 saturated carbocycles. The van der Waals surface area contributed by atoms with Crippen LogP contribution >= 0.6 is 0 Å². The zero-order valence-electron chi connectivity index (χ0n) is 22.5. The predicted octanol–water partition coefficient (Wildman–Crippen LogP) is 8.06. The van der Waals surface area contributed by atoms with Crippen molar-refractivity contribution in [3.8, 4) is 0 Å². The van der Waals surface area contributed by atoms with Gasteiger partial charge in [0.25, 0.3) is 0 Å². The number of carbonyl (C=O) groups is 2. The van der Waals surface area contributed by atoms with Crippen molar-refractivity contribution >= 4 is 11.6 Å². The van der Waals surface area contributed by atoms with Gasteiger partial charge in [-0.05, 0) is 119 Å². The summed E-state index contributed by atoms with van der Waals surface area (Å²) in [4.78, 5) is 25.0. The summed E-state index contributed by atoms with van der Waals surface area (Å²) in [6, 6.07) is 0. The fourth-order valence-corrected chi connectivity index (χ4v) is 4.89. The van der Waals surface area contributed by atoms with Crippen LogP contribution in [0.4, 0.5) is 0 Å². The number of carbonyl (C=O) groups excluding carboxylic acids is 2. The Kier molecular flexibility index (Phi) is 11.0. The van der Waals surface area contributed by atoms with Crippen LogP contribution in [0.5, 0.6) is 0 Å². The quantitative estimate of drug-likeness (QED) is 0.234. The summed E-state index contributed by atoms with van der Waals surface area (Å²) in [6.45, 7) is 11.4. The van der Waals surface area contributed by atoms with Gasteiger partial charge in [0.05, 0.1) is 5.60 Å². The molecule has 1 N–H and O–H groups in total. The molecule has 0 aromatic rings. The van der Waals surface area contributed by atoms with Crippen LogP contribution in [0.2, 0.25) is 0 Å². The molecule has 2 aliphatic carbocycles. The summed E-state index contributed by atoms with van der Waals surface area (Å²) >= 11 is 0. The lowest BCUT2D eigenvalue weighted by Crippen LogP contribution is -2.26. The molecule has 0 aromatic heterocycles. The lowest BCUT2D eigenvalue weighted by Gasteiger charge is -2.25. The van der Waals surface area contributed by atoms with Gasteiger partial charge < -0.3 is 5.11 Å². The highest BCUT2D eigenvalue weighted by Gasteiger charge is 2.29. The van der Waals surface area contributed by atoms with Gasteiger partial charge in [-0.25, -0.2) is 0 Å². The molecular formula is C31H46O3. The smallest absolute Gasteiger partial charge is 0.185 e. The van der Waals surface area contributed by atoms with Crippen molar-refractivity contribution in [2.24, 2.45) is 0 Å². The second-order valence-electron chi connectivity index (χ2n) is 10.8. The molecular weight excluding hydrogens is 420 g/mol. The summed E-state index contributed by atoms with van der Waals surface area (Å²) in [5.74, 6) is -0.0832. The highest BCUT2D eigenvalue weighted by Crippen LogP contribution is 2.30. The van der Waals surface area contributed by atoms with E-state index in [-0.39, 0.29) is 11.6 Å². The van der Waals surface area contributed by atoms with E-state index in [0.717, 1.165) is 25.7 Å². The molecule has 0 amide bonds. The van der Waals surface area contributed by atoms with Crippen molar-refractivity contribution in [3.63, 3.8) is 0 Å². The Balaban J connectivity index is 1.73. The Morgan fingerprint density at radius 2 is 1.38 bits per heavy atom. The topological polar surface area (TPSA) is 54.4 Å². The molecule has 1 atom stereocenters. The van der Waals surface area contributed by atoms with E-state index >= 15 is 0 Å². The molecule has 3 nitrogen and oxygen atoms in total. The maximum atomic E-state index is 12.6. The minimum atomic E-state index is -0.859. The molecule has 0 aliphatic heterocycles. The second-order valence-corrected chi connectivity index (χ2v) is 10.8. The molecule has 1 unspecified atom stereocenters. The van der Waals surface area contributed by atoms with Gasteiger partial charge in [0, 0.05) is 22.3 Å². The number of aliphatic hydroxyl groups is 1. The maximum Gasteiger partial charge on any atom is 0.185 e. The van der Waals surface area contributed by atoms with E-state index in [0.29, 0.717) is 41.6 Å². The Bertz CT molecular complexity index is 910. The Labute approximate surface area is 207 Å². The third-order valence-electron chi connectivity index (χ3n) is 7.65. The molecule has 3 heteroatoms. The Hall–Kier alpha value is -2.00. The van der Waals surface area contributed by atoms with Gasteiger partial charge in [-0.1, -0.05) is 34.9 Å². The number of allylic oxidation sites excluding steroid dienone is 10. The first kappa shape index (κ1) is 28.2. The van der Waals surface area contributed by atoms with Crippen LogP contribution in [-0.2, 0) is 9.59 Å². The summed E-state index contributed by atoms with van der Waals surface area (Å²) in [7, 11) is 0. The molecule has 0 radical (unpaired) electrons. The predicted molar refractivity (Wildman–Crippen MR) is 143 cm³/mol. The van der Waals surface area contributed by atoms with Gasteiger partial charge in [0.1, 0.15) is 0 Å². The average Bonchev–Trinajstić information content (AvgIpc) is 3.29. The third kappa shape index (κ3) is 8.65. The minimum Gasteiger partial charge on any atom is -0.390 e. The van der Waals surface area contributed by atoms with Gasteiger partial charge in [-0.2, -0.15) is 0 Å². The van der Waals surface area contributed by atoms with Gasteiger partial charge in [-0.15, -0.1) is 0 Å². The first-order valence-corrected chi connectivity index (χ1v) is 13.2. The van der Waals surface area contributed by atoms with Gasteiger partial charge in [0.15, 0.2) is 11.6 Å². The first-order valence-electron chi connectivity index (χ1n) is 13.2. The van der Waals surface area contributed by atoms with Gasteiger partial charge in [0.2, 0.25) is 0 Å². The zero-order chi connectivity index (χ0) is 25.3. The highest BCUT2D eigenvalue weighted by molar-refractivity contribution is 6.24. The van der Waals surface area contributed by atoms with E-state index in [1.54, 1.807) is 26.3 Å². The molecule has 2 aliphatic rings. The fraction of sp³-hybridized carbons (Fsp3) is 0.613. The van der Waals surface area contributed by atoms with E-state index in [2.05, 4.69) is 32.1 Å². The summed E-state index contributed by atoms with van der Waals surface area (Å²) in [5.41, 5.74) is 5.84. The molecule has 188 valence electrons. The summed E-state index contributed by atoms with van der Waals surface area (Å²) in [5, 5.41) is 10.8. The van der Waals surface area contributed by atoms with Gasteiger partial charge in [-0.3, -0.25) is 9.59 Å². The summed E-state index contributed by atoms with van der Waals surface area (Å²) in [6.07, 6.45) is 19.3. The van der Waals surface area contributed by atoms with Crippen molar-refractivity contribution in [3.05, 3.63) is 57.2 Å². The number of hydrogen-bond donors (Lipinski definition) is 1. The van der Waals surface area contributed by atoms with Crippen molar-refractivity contribution in [1.29, 1.82) is 0 Å². The molecule has 0 spiro atoms. The van der Waals surface area contributed by atoms with Gasteiger partial charge >= 0.3 is 0 Å². The van der Waals surface area contributed by atoms with E-state index < -0.39 is 5.60 Å². The number of Topliss-reactive ketones (excluding diaryl/α,β-unsaturated/α-hetero) is 2. The highest BCUT2D eigenvalue weighted by atomic mass is 16.3. The zero-order valence-corrected chi connectivity index (χ0v) is 22.5. The Morgan fingerprint density at radius 3 is 2.03 bits per heavy atom.